The number of aromatic amines is 1. The van der Waals surface area contributed by atoms with Gasteiger partial charge in [-0.15, -0.1) is 0 Å². The van der Waals surface area contributed by atoms with Gasteiger partial charge in [-0.3, -0.25) is 33.5 Å². The molecule has 49 heavy (non-hydrogen) atoms. The Morgan fingerprint density at radius 3 is 2.61 bits per heavy atom. The van der Waals surface area contributed by atoms with Crippen LogP contribution in [0.15, 0.2) is 30.0 Å². The number of imidazole rings is 2. The summed E-state index contributed by atoms with van der Waals surface area (Å²) in [5, 5.41) is 2.44. The molecule has 2 bridgehead atoms. The van der Waals surface area contributed by atoms with Crippen LogP contribution >= 0.6 is 6.72 Å². The molecule has 3 aliphatic heterocycles. The van der Waals surface area contributed by atoms with Crippen molar-refractivity contribution in [1.29, 1.82) is 0 Å². The largest absolute Gasteiger partial charge is 0.347 e. The molecule has 0 spiro atoms. The molecule has 0 aliphatic carbocycles. The van der Waals surface area contributed by atoms with Gasteiger partial charge in [-0.05, 0) is 11.8 Å². The molecule has 9 atom stereocenters. The van der Waals surface area contributed by atoms with Gasteiger partial charge in [-0.25, -0.2) is 32.9 Å². The summed E-state index contributed by atoms with van der Waals surface area (Å²) in [5.74, 6) is -1.20. The van der Waals surface area contributed by atoms with E-state index in [9.17, 15) is 22.9 Å². The van der Waals surface area contributed by atoms with Gasteiger partial charge >= 0.3 is 17.0 Å². The fourth-order valence-corrected chi connectivity index (χ4v) is 7.85. The molecule has 264 valence electrons. The third-order valence-electron chi connectivity index (χ3n) is 7.87. The number of aromatic nitrogens is 8. The predicted molar refractivity (Wildman–Crippen MR) is 164 cm³/mol. The van der Waals surface area contributed by atoms with Gasteiger partial charge in [0, 0.05) is 12.5 Å². The fraction of sp³-hybridized carbons (Fsp3) is 0.542. The zero-order valence-electron chi connectivity index (χ0n) is 25.2. The van der Waals surface area contributed by atoms with Crippen molar-refractivity contribution in [3.63, 3.8) is 0 Å². The number of carbonyl (C=O) groups is 1. The molecule has 3 aliphatic rings. The number of carbonyl (C=O) groups excluding carboxylic acids is 1. The lowest BCUT2D eigenvalue weighted by Gasteiger charge is -2.26. The summed E-state index contributed by atoms with van der Waals surface area (Å²) >= 11 is 5.12. The molecule has 7 rings (SSSR count). The first-order chi connectivity index (χ1) is 23.2. The minimum atomic E-state index is -4.87. The molecule has 20 nitrogen and oxygen atoms in total. The SMILES string of the molecule is CC(C)C(=O)Nc1nc2c(ncn2[C@@H]2O[C@@H]3COP(O)(=S)O[C@H]4[C@@H](F)[C@H](n5cnc6cncnc65)O[C@@H]4CNS(=O)(=O)O[C@@H]2[C@@H]3F)c(=O)[nH]1. The third-order valence-corrected chi connectivity index (χ3v) is 10.4. The highest BCUT2D eigenvalue weighted by atomic mass is 32.5. The van der Waals surface area contributed by atoms with Gasteiger partial charge in [0.15, 0.2) is 47.7 Å². The molecule has 4 aromatic rings. The molecule has 4 N–H and O–H groups in total. The Labute approximate surface area is 279 Å². The first-order valence-corrected chi connectivity index (χ1v) is 18.5. The molecule has 4 aromatic heterocycles. The second kappa shape index (κ2) is 12.7. The van der Waals surface area contributed by atoms with Crippen molar-refractivity contribution in [3.8, 4) is 0 Å². The van der Waals surface area contributed by atoms with Crippen LogP contribution in [0.25, 0.3) is 22.3 Å². The molecular formula is C24H27F2N10O10PS2. The van der Waals surface area contributed by atoms with E-state index in [1.807, 2.05) is 0 Å². The zero-order valence-corrected chi connectivity index (χ0v) is 27.7. The van der Waals surface area contributed by atoms with E-state index in [4.69, 9.17) is 34.5 Å². The van der Waals surface area contributed by atoms with Crippen molar-refractivity contribution in [1.82, 2.24) is 43.8 Å². The summed E-state index contributed by atoms with van der Waals surface area (Å²) in [6, 6.07) is 0. The molecule has 3 fully saturated rings. The van der Waals surface area contributed by atoms with Crippen molar-refractivity contribution in [2.45, 2.75) is 63.1 Å². The average molecular weight is 749 g/mol. The van der Waals surface area contributed by atoms with E-state index in [0.717, 1.165) is 10.9 Å². The Hall–Kier alpha value is -3.45. The molecule has 0 radical (unpaired) electrons. The number of nitrogens with zero attached hydrogens (tertiary/aromatic N) is 7. The van der Waals surface area contributed by atoms with E-state index in [1.165, 1.54) is 23.4 Å². The van der Waals surface area contributed by atoms with Crippen LogP contribution in [0.5, 0.6) is 0 Å². The molecular weight excluding hydrogens is 721 g/mol. The molecule has 0 saturated carbocycles. The molecule has 1 amide bonds. The Kier molecular flexibility index (Phi) is 8.82. The van der Waals surface area contributed by atoms with Crippen molar-refractivity contribution in [2.75, 3.05) is 18.5 Å². The summed E-state index contributed by atoms with van der Waals surface area (Å²) in [6.45, 7) is -2.63. The van der Waals surface area contributed by atoms with Gasteiger partial charge in [0.25, 0.3) is 5.56 Å². The zero-order chi connectivity index (χ0) is 34.8. The Morgan fingerprint density at radius 1 is 1.10 bits per heavy atom. The van der Waals surface area contributed by atoms with Gasteiger partial charge in [0.2, 0.25) is 11.9 Å². The van der Waals surface area contributed by atoms with E-state index < -0.39 is 96.8 Å². The number of ether oxygens (including phenoxy) is 2. The fourth-order valence-electron chi connectivity index (χ4n) is 5.48. The Morgan fingerprint density at radius 2 is 1.84 bits per heavy atom. The number of anilines is 1. The molecule has 1 unspecified atom stereocenters. The second-order valence-electron chi connectivity index (χ2n) is 11.5. The van der Waals surface area contributed by atoms with E-state index in [1.54, 1.807) is 13.8 Å². The Balaban J connectivity index is 1.20. The number of H-pyrrole nitrogens is 1. The lowest BCUT2D eigenvalue weighted by atomic mass is 10.1. The molecule has 0 aromatic carbocycles. The van der Waals surface area contributed by atoms with E-state index in [2.05, 4.69) is 39.9 Å². The van der Waals surface area contributed by atoms with E-state index in [-0.39, 0.29) is 22.8 Å². The number of amides is 1. The van der Waals surface area contributed by atoms with Gasteiger partial charge in [0.05, 0.1) is 25.5 Å². The number of halogens is 2. The topological polar surface area (TPSA) is 249 Å². The predicted octanol–water partition coefficient (Wildman–Crippen LogP) is -0.123. The lowest BCUT2D eigenvalue weighted by molar-refractivity contribution is -0.118. The van der Waals surface area contributed by atoms with Crippen molar-refractivity contribution < 1.29 is 49.6 Å². The second-order valence-corrected chi connectivity index (χ2v) is 15.7. The maximum atomic E-state index is 16.0. The summed E-state index contributed by atoms with van der Waals surface area (Å²) in [6.07, 6.45) is -9.19. The van der Waals surface area contributed by atoms with Crippen LogP contribution in [0, 0.1) is 5.92 Å². The van der Waals surface area contributed by atoms with E-state index in [0.29, 0.717) is 5.52 Å². The number of fused-ring (bicyclic) bond motifs is 5. The highest BCUT2D eigenvalue weighted by Gasteiger charge is 2.53. The smallest absolute Gasteiger partial charge is 0.336 e. The molecule has 25 heteroatoms. The van der Waals surface area contributed by atoms with Gasteiger partial charge in [0.1, 0.15) is 30.2 Å². The van der Waals surface area contributed by atoms with Crippen LogP contribution in [-0.2, 0) is 49.6 Å². The maximum Gasteiger partial charge on any atom is 0.336 e. The molecule has 7 heterocycles. The van der Waals surface area contributed by atoms with Gasteiger partial charge < -0.3 is 18.9 Å². The number of nitrogens with one attached hydrogen (secondary N) is 3. The first kappa shape index (κ1) is 34.0. The summed E-state index contributed by atoms with van der Waals surface area (Å²) in [5.41, 5.74) is -0.704. The van der Waals surface area contributed by atoms with Crippen LogP contribution in [0.4, 0.5) is 14.7 Å². The minimum absolute atomic E-state index is 0.201. The summed E-state index contributed by atoms with van der Waals surface area (Å²) in [4.78, 5) is 58.5. The van der Waals surface area contributed by atoms with Crippen LogP contribution in [0.2, 0.25) is 0 Å². The molecule has 3 saturated heterocycles. The van der Waals surface area contributed by atoms with Crippen molar-refractivity contribution in [3.05, 3.63) is 35.5 Å². The summed E-state index contributed by atoms with van der Waals surface area (Å²) < 4.78 is 90.6. The number of hydrogen-bond acceptors (Lipinski definition) is 15. The van der Waals surface area contributed by atoms with Crippen LogP contribution in [-0.4, -0.2) is 108 Å². The number of hydrogen-bond donors (Lipinski definition) is 4. The van der Waals surface area contributed by atoms with Crippen molar-refractivity contribution >= 4 is 63.0 Å². The highest BCUT2D eigenvalue weighted by molar-refractivity contribution is 8.07. The van der Waals surface area contributed by atoms with Crippen molar-refractivity contribution in [2.24, 2.45) is 5.92 Å². The van der Waals surface area contributed by atoms with Gasteiger partial charge in [-0.1, -0.05) is 13.8 Å². The highest BCUT2D eigenvalue weighted by Crippen LogP contribution is 2.50. The maximum absolute atomic E-state index is 16.0. The Bertz CT molecular complexity index is 2140. The monoisotopic (exact) mass is 748 g/mol. The van der Waals surface area contributed by atoms with Crippen LogP contribution in [0.1, 0.15) is 26.3 Å². The quantitative estimate of drug-likeness (QED) is 0.199. The van der Waals surface area contributed by atoms with Crippen LogP contribution < -0.4 is 15.6 Å². The lowest BCUT2D eigenvalue weighted by Crippen LogP contribution is -2.43. The number of rotatable bonds is 4. The van der Waals surface area contributed by atoms with Gasteiger partial charge in [-0.2, -0.15) is 18.1 Å². The number of alkyl halides is 2. The average Bonchev–Trinajstić information content (AvgIpc) is 3.80. The van der Waals surface area contributed by atoms with Crippen LogP contribution in [0.3, 0.4) is 0 Å². The minimum Gasteiger partial charge on any atom is -0.347 e. The normalized spacial score (nSPS) is 33.6. The third kappa shape index (κ3) is 6.48. The first-order valence-electron chi connectivity index (χ1n) is 14.5. The summed E-state index contributed by atoms with van der Waals surface area (Å²) in [7, 11) is -4.87. The van der Waals surface area contributed by atoms with E-state index >= 15 is 8.78 Å². The standard InChI is InChI=1S/C24H27F2N10O10PS2/c1-9(2)20(37)33-24-32-19-15(21(38)34-24)30-8-36(19)23-17-13(25)12(44-23)5-42-47(39,48)45-16-11(4-31-49(40,41)46-17)43-22(14(16)26)35-7-29-10-3-27-6-28-18(10)35/h3,6-9,11-14,16-17,22-23,31H,4-5H2,1-2H3,(H,39,48)(H2,32,33,34,37,38)/t11-,12-,13-,14-,16-,17-,22-,23-,47?/m1/s1.